The number of hydrogen-bond acceptors (Lipinski definition) is 1. The fraction of sp³-hybridized carbons (Fsp3) is 1.00. The second-order valence-electron chi connectivity index (χ2n) is 4.42. The molecule has 1 aliphatic rings. The van der Waals surface area contributed by atoms with E-state index >= 15 is 0 Å². The molecular weight excluding hydrogens is 275 g/mol. The summed E-state index contributed by atoms with van der Waals surface area (Å²) >= 11 is 2.55. The van der Waals surface area contributed by atoms with E-state index < -0.39 is 0 Å². The molecule has 0 aromatic heterocycles. The zero-order valence-electron chi connectivity index (χ0n) is 8.92. The van der Waals surface area contributed by atoms with Gasteiger partial charge in [-0.25, -0.2) is 0 Å². The molecule has 1 fully saturated rings. The maximum absolute atomic E-state index is 6.06. The fourth-order valence-electron chi connectivity index (χ4n) is 1.64. The van der Waals surface area contributed by atoms with E-state index in [1.54, 1.807) is 0 Å². The third-order valence-electron chi connectivity index (χ3n) is 2.95. The largest absolute Gasteiger partial charge is 0.374 e. The highest BCUT2D eigenvalue weighted by Crippen LogP contribution is 2.28. The summed E-state index contributed by atoms with van der Waals surface area (Å²) in [6.45, 7) is 6.66. The minimum absolute atomic E-state index is 0.417. The quantitative estimate of drug-likeness (QED) is 0.568. The number of hydrogen-bond donors (Lipinski definition) is 0. The second-order valence-corrected chi connectivity index (χ2v) is 6.02. The molecule has 0 bridgehead atoms. The average molecular weight is 296 g/mol. The average Bonchev–Trinajstić information content (AvgIpc) is 2.08. The van der Waals surface area contributed by atoms with Crippen LogP contribution in [-0.4, -0.2) is 16.1 Å². The summed E-state index contributed by atoms with van der Waals surface area (Å²) in [5.74, 6) is 0.644. The van der Waals surface area contributed by atoms with Crippen molar-refractivity contribution in [1.29, 1.82) is 0 Å². The van der Waals surface area contributed by atoms with Crippen LogP contribution in [0, 0.1) is 5.92 Å². The predicted octanol–water partition coefficient (Wildman–Crippen LogP) is 3.79. The fourth-order valence-corrected chi connectivity index (χ4v) is 2.61. The van der Waals surface area contributed by atoms with Gasteiger partial charge < -0.3 is 4.74 Å². The van der Waals surface area contributed by atoms with Gasteiger partial charge in [-0.05, 0) is 25.7 Å². The molecule has 0 amide bonds. The summed E-state index contributed by atoms with van der Waals surface area (Å²) < 4.78 is 6.80. The van der Waals surface area contributed by atoms with E-state index in [-0.39, 0.29) is 0 Å². The Hall–Kier alpha value is 0.690. The summed E-state index contributed by atoms with van der Waals surface area (Å²) in [5.41, 5.74) is 0. The van der Waals surface area contributed by atoms with Crippen LogP contribution in [0.15, 0.2) is 0 Å². The number of ether oxygens (including phenoxy) is 1. The van der Waals surface area contributed by atoms with Crippen molar-refractivity contribution < 1.29 is 4.74 Å². The van der Waals surface area contributed by atoms with Crippen LogP contribution in [0.3, 0.4) is 0 Å². The van der Waals surface area contributed by atoms with Gasteiger partial charge in [0.1, 0.15) is 0 Å². The first-order valence-electron chi connectivity index (χ1n) is 5.40. The van der Waals surface area contributed by atoms with E-state index in [0.29, 0.717) is 18.1 Å². The molecule has 1 aliphatic carbocycles. The first-order valence-corrected chi connectivity index (χ1v) is 6.65. The zero-order chi connectivity index (χ0) is 9.84. The van der Waals surface area contributed by atoms with Gasteiger partial charge in [-0.1, -0.05) is 49.3 Å². The Bertz CT molecular complexity index is 147. The Morgan fingerprint density at radius 3 is 2.31 bits per heavy atom. The third kappa shape index (κ3) is 3.74. The van der Waals surface area contributed by atoms with E-state index in [1.807, 2.05) is 0 Å². The molecule has 0 N–H and O–H groups in total. The molecule has 13 heavy (non-hydrogen) atoms. The maximum atomic E-state index is 6.06. The number of alkyl halides is 1. The topological polar surface area (TPSA) is 9.23 Å². The lowest BCUT2D eigenvalue weighted by atomic mass is 9.97. The normalized spacial score (nSPS) is 32.1. The third-order valence-corrected chi connectivity index (χ3v) is 4.38. The molecule has 0 heterocycles. The van der Waals surface area contributed by atoms with Gasteiger partial charge in [-0.3, -0.25) is 0 Å². The molecule has 0 saturated heterocycles. The lowest BCUT2D eigenvalue weighted by Crippen LogP contribution is -2.32. The van der Waals surface area contributed by atoms with Crippen LogP contribution in [0.5, 0.6) is 0 Å². The lowest BCUT2D eigenvalue weighted by Gasteiger charge is -2.31. The molecule has 3 unspecified atom stereocenters. The van der Waals surface area contributed by atoms with Crippen LogP contribution in [0.2, 0.25) is 0 Å². The molecule has 0 aromatic rings. The lowest BCUT2D eigenvalue weighted by molar-refractivity contribution is -0.0352. The molecule has 78 valence electrons. The van der Waals surface area contributed by atoms with Crippen molar-refractivity contribution in [2.75, 3.05) is 0 Å². The van der Waals surface area contributed by atoms with E-state index in [1.165, 1.54) is 25.7 Å². The van der Waals surface area contributed by atoms with Crippen molar-refractivity contribution in [3.63, 3.8) is 0 Å². The van der Waals surface area contributed by atoms with Crippen molar-refractivity contribution in [2.24, 2.45) is 5.92 Å². The van der Waals surface area contributed by atoms with Crippen molar-refractivity contribution in [2.45, 2.75) is 62.6 Å². The minimum atomic E-state index is 0.417. The van der Waals surface area contributed by atoms with Gasteiger partial charge in [0.05, 0.1) is 12.2 Å². The van der Waals surface area contributed by atoms with E-state index in [4.69, 9.17) is 4.74 Å². The Kier molecular flexibility index (Phi) is 5.01. The van der Waals surface area contributed by atoms with Crippen LogP contribution in [0.1, 0.15) is 46.5 Å². The molecule has 1 nitrogen and oxygen atoms in total. The monoisotopic (exact) mass is 296 g/mol. The van der Waals surface area contributed by atoms with Gasteiger partial charge in [-0.2, -0.15) is 0 Å². The molecule has 3 atom stereocenters. The molecule has 0 aromatic carbocycles. The van der Waals surface area contributed by atoms with Crippen LogP contribution < -0.4 is 0 Å². The van der Waals surface area contributed by atoms with Crippen molar-refractivity contribution >= 4 is 22.6 Å². The molecule has 0 spiro atoms. The predicted molar refractivity (Wildman–Crippen MR) is 65.4 cm³/mol. The van der Waals surface area contributed by atoms with Crippen LogP contribution in [0.4, 0.5) is 0 Å². The zero-order valence-corrected chi connectivity index (χ0v) is 11.1. The summed E-state index contributed by atoms with van der Waals surface area (Å²) in [7, 11) is 0. The summed E-state index contributed by atoms with van der Waals surface area (Å²) in [5, 5.41) is 0. The smallest absolute Gasteiger partial charge is 0.0696 e. The van der Waals surface area contributed by atoms with E-state index in [9.17, 15) is 0 Å². The molecule has 1 rings (SSSR count). The van der Waals surface area contributed by atoms with E-state index in [0.717, 1.165) is 3.92 Å². The summed E-state index contributed by atoms with van der Waals surface area (Å²) in [6.07, 6.45) is 6.30. The number of rotatable bonds is 3. The number of halogens is 1. The highest BCUT2D eigenvalue weighted by molar-refractivity contribution is 14.1. The highest BCUT2D eigenvalue weighted by atomic mass is 127. The Balaban J connectivity index is 2.33. The summed E-state index contributed by atoms with van der Waals surface area (Å²) in [4.78, 5) is 0. The van der Waals surface area contributed by atoms with Gasteiger partial charge in [-0.15, -0.1) is 0 Å². The van der Waals surface area contributed by atoms with Crippen molar-refractivity contribution in [3.05, 3.63) is 0 Å². The van der Waals surface area contributed by atoms with Crippen LogP contribution in [0.25, 0.3) is 0 Å². The van der Waals surface area contributed by atoms with Gasteiger partial charge in [0.2, 0.25) is 0 Å². The molecule has 0 aliphatic heterocycles. The standard InChI is InChI=1S/C11H21IO/c1-8(2)9(3)13-11-7-5-4-6-10(11)12/h8-11H,4-7H2,1-3H3. The molecular formula is C11H21IO. The van der Waals surface area contributed by atoms with Gasteiger partial charge in [0.15, 0.2) is 0 Å². The van der Waals surface area contributed by atoms with Gasteiger partial charge in [0, 0.05) is 3.92 Å². The first-order chi connectivity index (χ1) is 6.11. The Labute approximate surface area is 95.8 Å². The first kappa shape index (κ1) is 11.8. The molecule has 0 radical (unpaired) electrons. The van der Waals surface area contributed by atoms with Gasteiger partial charge in [0.25, 0.3) is 0 Å². The van der Waals surface area contributed by atoms with Gasteiger partial charge >= 0.3 is 0 Å². The Morgan fingerprint density at radius 1 is 1.15 bits per heavy atom. The SMILES string of the molecule is CC(C)C(C)OC1CCCCC1I. The van der Waals surface area contributed by atoms with Crippen LogP contribution in [-0.2, 0) is 4.74 Å². The molecule has 2 heteroatoms. The van der Waals surface area contributed by atoms with Crippen molar-refractivity contribution in [3.8, 4) is 0 Å². The van der Waals surface area contributed by atoms with E-state index in [2.05, 4.69) is 43.4 Å². The minimum Gasteiger partial charge on any atom is -0.374 e. The van der Waals surface area contributed by atoms with Crippen molar-refractivity contribution in [1.82, 2.24) is 0 Å². The maximum Gasteiger partial charge on any atom is 0.0696 e. The highest BCUT2D eigenvalue weighted by Gasteiger charge is 2.25. The van der Waals surface area contributed by atoms with Crippen LogP contribution >= 0.6 is 22.6 Å². The Morgan fingerprint density at radius 2 is 1.77 bits per heavy atom. The molecule has 1 saturated carbocycles. The second kappa shape index (κ2) is 5.54. The summed E-state index contributed by atoms with van der Waals surface area (Å²) in [6, 6.07) is 0.